The molecule has 1 fully saturated rings. The molecule has 1 aliphatic carbocycles. The standard InChI is InChI=1S/C9H9ClN2O2/c10-8-4-3-7(11-6-1-2-6)5-9(8)12(13)14/h3-6,11H,1-2H2. The van der Waals surface area contributed by atoms with Crippen LogP contribution in [0.1, 0.15) is 12.8 Å². The number of rotatable bonds is 3. The first-order chi connectivity index (χ1) is 6.66. The summed E-state index contributed by atoms with van der Waals surface area (Å²) in [7, 11) is 0. The summed E-state index contributed by atoms with van der Waals surface area (Å²) in [5, 5.41) is 13.9. The summed E-state index contributed by atoms with van der Waals surface area (Å²) >= 11 is 5.67. The van der Waals surface area contributed by atoms with Crippen molar-refractivity contribution in [3.63, 3.8) is 0 Å². The minimum atomic E-state index is -0.472. The van der Waals surface area contributed by atoms with E-state index in [0.717, 1.165) is 18.5 Å². The van der Waals surface area contributed by atoms with E-state index in [2.05, 4.69) is 5.32 Å². The molecule has 1 aromatic rings. The third-order valence-electron chi connectivity index (χ3n) is 2.09. The zero-order valence-corrected chi connectivity index (χ0v) is 8.12. The lowest BCUT2D eigenvalue weighted by Crippen LogP contribution is -2.01. The van der Waals surface area contributed by atoms with Crippen LogP contribution in [0, 0.1) is 10.1 Å². The van der Waals surface area contributed by atoms with Crippen molar-refractivity contribution in [3.05, 3.63) is 33.3 Å². The molecule has 4 nitrogen and oxygen atoms in total. The molecule has 0 amide bonds. The first-order valence-corrected chi connectivity index (χ1v) is 4.75. The Balaban J connectivity index is 2.24. The van der Waals surface area contributed by atoms with Crippen molar-refractivity contribution in [3.8, 4) is 0 Å². The van der Waals surface area contributed by atoms with Crippen LogP contribution in [0.3, 0.4) is 0 Å². The second kappa shape index (κ2) is 3.46. The second-order valence-corrected chi connectivity index (χ2v) is 3.75. The van der Waals surface area contributed by atoms with Crippen LogP contribution in [0.5, 0.6) is 0 Å². The largest absolute Gasteiger partial charge is 0.382 e. The van der Waals surface area contributed by atoms with Crippen LogP contribution < -0.4 is 5.32 Å². The highest BCUT2D eigenvalue weighted by Gasteiger charge is 2.22. The Morgan fingerprint density at radius 1 is 1.50 bits per heavy atom. The molecular formula is C9H9ClN2O2. The van der Waals surface area contributed by atoms with Crippen LogP contribution >= 0.6 is 11.6 Å². The van der Waals surface area contributed by atoms with Gasteiger partial charge in [0.25, 0.3) is 5.69 Å². The van der Waals surface area contributed by atoms with Gasteiger partial charge in [0.1, 0.15) is 5.02 Å². The van der Waals surface area contributed by atoms with Gasteiger partial charge in [-0.2, -0.15) is 0 Å². The maximum atomic E-state index is 10.6. The molecule has 0 spiro atoms. The first-order valence-electron chi connectivity index (χ1n) is 4.37. The predicted molar refractivity (Wildman–Crippen MR) is 54.8 cm³/mol. The summed E-state index contributed by atoms with van der Waals surface area (Å²) in [5.41, 5.74) is 0.723. The van der Waals surface area contributed by atoms with Crippen LogP contribution in [0.25, 0.3) is 0 Å². The van der Waals surface area contributed by atoms with E-state index in [4.69, 9.17) is 11.6 Å². The molecule has 0 saturated heterocycles. The van der Waals surface area contributed by atoms with Gasteiger partial charge in [-0.25, -0.2) is 0 Å². The second-order valence-electron chi connectivity index (χ2n) is 3.34. The van der Waals surface area contributed by atoms with Crippen LogP contribution in [0.4, 0.5) is 11.4 Å². The van der Waals surface area contributed by atoms with Gasteiger partial charge in [0.05, 0.1) is 4.92 Å². The summed E-state index contributed by atoms with van der Waals surface area (Å²) in [4.78, 5) is 10.1. The van der Waals surface area contributed by atoms with Crippen molar-refractivity contribution in [2.24, 2.45) is 0 Å². The fourth-order valence-electron chi connectivity index (χ4n) is 1.21. The third-order valence-corrected chi connectivity index (χ3v) is 2.41. The number of nitro groups is 1. The molecule has 0 atom stereocenters. The summed E-state index contributed by atoms with van der Waals surface area (Å²) in [6, 6.07) is 5.26. The van der Waals surface area contributed by atoms with E-state index in [1.165, 1.54) is 6.07 Å². The quantitative estimate of drug-likeness (QED) is 0.619. The van der Waals surface area contributed by atoms with E-state index in [-0.39, 0.29) is 10.7 Å². The molecule has 0 radical (unpaired) electrons. The van der Waals surface area contributed by atoms with Gasteiger partial charge >= 0.3 is 0 Å². The van der Waals surface area contributed by atoms with Crippen molar-refractivity contribution in [2.75, 3.05) is 5.32 Å². The maximum Gasteiger partial charge on any atom is 0.289 e. The number of nitro benzene ring substituents is 1. The van der Waals surface area contributed by atoms with Gasteiger partial charge in [-0.05, 0) is 25.0 Å². The minimum absolute atomic E-state index is 0.0442. The van der Waals surface area contributed by atoms with E-state index >= 15 is 0 Å². The maximum absolute atomic E-state index is 10.6. The van der Waals surface area contributed by atoms with Crippen LogP contribution in [0.15, 0.2) is 18.2 Å². The molecule has 0 bridgehead atoms. The summed E-state index contributed by atoms with van der Waals surface area (Å²) < 4.78 is 0. The lowest BCUT2D eigenvalue weighted by atomic mass is 10.3. The number of nitrogens with one attached hydrogen (secondary N) is 1. The number of anilines is 1. The molecule has 74 valence electrons. The summed E-state index contributed by atoms with van der Waals surface area (Å²) in [6.07, 6.45) is 2.27. The van der Waals surface area contributed by atoms with Gasteiger partial charge in [0.2, 0.25) is 0 Å². The highest BCUT2D eigenvalue weighted by Crippen LogP contribution is 2.30. The van der Waals surface area contributed by atoms with E-state index < -0.39 is 4.92 Å². The zero-order chi connectivity index (χ0) is 10.1. The van der Waals surface area contributed by atoms with Gasteiger partial charge in [0.15, 0.2) is 0 Å². The molecule has 0 unspecified atom stereocenters. The summed E-state index contributed by atoms with van der Waals surface area (Å²) in [5.74, 6) is 0. The lowest BCUT2D eigenvalue weighted by molar-refractivity contribution is -0.384. The molecule has 2 rings (SSSR count). The zero-order valence-electron chi connectivity index (χ0n) is 7.37. The molecule has 0 aliphatic heterocycles. The number of hydrogen-bond acceptors (Lipinski definition) is 3. The third kappa shape index (κ3) is 1.96. The van der Waals surface area contributed by atoms with Gasteiger partial charge in [-0.3, -0.25) is 10.1 Å². The van der Waals surface area contributed by atoms with Crippen molar-refractivity contribution < 1.29 is 4.92 Å². The molecule has 14 heavy (non-hydrogen) atoms. The number of hydrogen-bond donors (Lipinski definition) is 1. The van der Waals surface area contributed by atoms with Crippen molar-refractivity contribution in [1.29, 1.82) is 0 Å². The SMILES string of the molecule is O=[N+]([O-])c1cc(NC2CC2)ccc1Cl. The Labute approximate surface area is 86.0 Å². The van der Waals surface area contributed by atoms with Crippen LogP contribution in [-0.2, 0) is 0 Å². The Hall–Kier alpha value is -1.29. The van der Waals surface area contributed by atoms with E-state index in [1.807, 2.05) is 0 Å². The number of halogens is 1. The molecule has 1 aromatic carbocycles. The van der Waals surface area contributed by atoms with Crippen molar-refractivity contribution >= 4 is 23.0 Å². The van der Waals surface area contributed by atoms with Gasteiger partial charge in [-0.15, -0.1) is 0 Å². The fraction of sp³-hybridized carbons (Fsp3) is 0.333. The number of nitrogens with zero attached hydrogens (tertiary/aromatic N) is 1. The average molecular weight is 213 g/mol. The Morgan fingerprint density at radius 3 is 2.79 bits per heavy atom. The highest BCUT2D eigenvalue weighted by atomic mass is 35.5. The Morgan fingerprint density at radius 2 is 2.21 bits per heavy atom. The highest BCUT2D eigenvalue weighted by molar-refractivity contribution is 6.32. The van der Waals surface area contributed by atoms with Crippen LogP contribution in [0.2, 0.25) is 5.02 Å². The van der Waals surface area contributed by atoms with Gasteiger partial charge in [0, 0.05) is 17.8 Å². The van der Waals surface area contributed by atoms with Gasteiger partial charge < -0.3 is 5.32 Å². The monoisotopic (exact) mass is 212 g/mol. The number of benzene rings is 1. The topological polar surface area (TPSA) is 55.2 Å². The van der Waals surface area contributed by atoms with E-state index in [9.17, 15) is 10.1 Å². The van der Waals surface area contributed by atoms with Gasteiger partial charge in [-0.1, -0.05) is 11.6 Å². The lowest BCUT2D eigenvalue weighted by Gasteiger charge is -2.04. The summed E-state index contributed by atoms with van der Waals surface area (Å²) in [6.45, 7) is 0. The fourth-order valence-corrected chi connectivity index (χ4v) is 1.39. The Kier molecular flexibility index (Phi) is 2.29. The molecule has 1 N–H and O–H groups in total. The molecule has 0 heterocycles. The molecular weight excluding hydrogens is 204 g/mol. The van der Waals surface area contributed by atoms with Crippen molar-refractivity contribution in [1.82, 2.24) is 0 Å². The van der Waals surface area contributed by atoms with E-state index in [1.54, 1.807) is 12.1 Å². The smallest absolute Gasteiger partial charge is 0.289 e. The molecule has 0 aromatic heterocycles. The molecule has 1 aliphatic rings. The average Bonchev–Trinajstić information content (AvgIpc) is 2.92. The van der Waals surface area contributed by atoms with Crippen molar-refractivity contribution in [2.45, 2.75) is 18.9 Å². The van der Waals surface area contributed by atoms with Crippen LogP contribution in [-0.4, -0.2) is 11.0 Å². The molecule has 5 heteroatoms. The normalized spacial score (nSPS) is 15.2. The Bertz CT molecular complexity index is 377. The van der Waals surface area contributed by atoms with E-state index in [0.29, 0.717) is 6.04 Å². The molecule has 1 saturated carbocycles. The predicted octanol–water partition coefficient (Wildman–Crippen LogP) is 2.82. The first kappa shape index (κ1) is 9.27. The minimum Gasteiger partial charge on any atom is -0.382 e.